The summed E-state index contributed by atoms with van der Waals surface area (Å²) in [5.41, 5.74) is 9.35. The van der Waals surface area contributed by atoms with Crippen molar-refractivity contribution in [3.05, 3.63) is 52.9 Å². The molecule has 3 rings (SSSR count). The zero-order valence-electron chi connectivity index (χ0n) is 14.4. The van der Waals surface area contributed by atoms with Crippen LogP contribution in [0.3, 0.4) is 0 Å². The van der Waals surface area contributed by atoms with Gasteiger partial charge in [-0.3, -0.25) is 4.79 Å². The van der Waals surface area contributed by atoms with Crippen molar-refractivity contribution < 1.29 is 9.32 Å². The van der Waals surface area contributed by atoms with E-state index >= 15 is 0 Å². The molecule has 1 aromatic heterocycles. The number of nitrogens with two attached hydrogens (primary N) is 1. The van der Waals surface area contributed by atoms with Crippen LogP contribution >= 0.6 is 0 Å². The lowest BCUT2D eigenvalue weighted by Crippen LogP contribution is -2.33. The van der Waals surface area contributed by atoms with Crippen LogP contribution in [0.25, 0.3) is 0 Å². The number of amides is 1. The van der Waals surface area contributed by atoms with E-state index in [4.69, 9.17) is 10.3 Å². The van der Waals surface area contributed by atoms with Gasteiger partial charge in [-0.1, -0.05) is 49.3 Å². The van der Waals surface area contributed by atoms with E-state index in [1.54, 1.807) is 0 Å². The highest BCUT2D eigenvalue weighted by atomic mass is 16.5. The van der Waals surface area contributed by atoms with E-state index in [0.29, 0.717) is 19.5 Å². The highest BCUT2D eigenvalue weighted by Gasteiger charge is 2.34. The molecule has 1 aromatic carbocycles. The molecule has 1 fully saturated rings. The molecule has 128 valence electrons. The van der Waals surface area contributed by atoms with Crippen LogP contribution in [-0.4, -0.2) is 35.1 Å². The number of likely N-dealkylation sites (tertiary alicyclic amines) is 1. The highest BCUT2D eigenvalue weighted by molar-refractivity contribution is 5.79. The lowest BCUT2D eigenvalue weighted by atomic mass is 9.95. The summed E-state index contributed by atoms with van der Waals surface area (Å²) in [6.45, 7) is 5.33. The zero-order valence-corrected chi connectivity index (χ0v) is 14.4. The Balaban J connectivity index is 1.72. The van der Waals surface area contributed by atoms with Crippen LogP contribution in [0.15, 0.2) is 34.9 Å². The largest absolute Gasteiger partial charge is 0.361 e. The van der Waals surface area contributed by atoms with E-state index in [1.807, 2.05) is 36.9 Å². The summed E-state index contributed by atoms with van der Waals surface area (Å²) < 4.78 is 5.37. The number of benzene rings is 1. The predicted molar refractivity (Wildman–Crippen MR) is 92.7 cm³/mol. The van der Waals surface area contributed by atoms with E-state index in [-0.39, 0.29) is 17.9 Å². The van der Waals surface area contributed by atoms with Gasteiger partial charge in [-0.15, -0.1) is 0 Å². The van der Waals surface area contributed by atoms with Gasteiger partial charge >= 0.3 is 0 Å². The lowest BCUT2D eigenvalue weighted by molar-refractivity contribution is -0.129. The molecular formula is C19H25N3O2. The molecule has 1 aliphatic rings. The second-order valence-corrected chi connectivity index (χ2v) is 6.39. The van der Waals surface area contributed by atoms with Crippen molar-refractivity contribution >= 4 is 5.91 Å². The molecule has 5 nitrogen and oxygen atoms in total. The first-order valence-electron chi connectivity index (χ1n) is 8.68. The van der Waals surface area contributed by atoms with Crippen LogP contribution in [0.5, 0.6) is 0 Å². The Morgan fingerprint density at radius 3 is 2.67 bits per heavy atom. The van der Waals surface area contributed by atoms with Gasteiger partial charge in [0, 0.05) is 37.0 Å². The van der Waals surface area contributed by atoms with Crippen LogP contribution in [0, 0.1) is 0 Å². The minimum Gasteiger partial charge on any atom is -0.361 e. The van der Waals surface area contributed by atoms with Crippen LogP contribution < -0.4 is 5.73 Å². The number of carbonyl (C=O) groups excluding carboxylic acids is 1. The topological polar surface area (TPSA) is 72.4 Å². The minimum atomic E-state index is -0.0184. The van der Waals surface area contributed by atoms with Gasteiger partial charge in [0.15, 0.2) is 0 Å². The fourth-order valence-electron chi connectivity index (χ4n) is 3.49. The normalized spacial score (nSPS) is 20.5. The molecule has 0 aliphatic carbocycles. The Kier molecular flexibility index (Phi) is 5.00. The maximum atomic E-state index is 12.8. The second-order valence-electron chi connectivity index (χ2n) is 6.39. The molecule has 2 heterocycles. The van der Waals surface area contributed by atoms with Crippen molar-refractivity contribution in [3.8, 4) is 0 Å². The van der Waals surface area contributed by atoms with Gasteiger partial charge in [-0.2, -0.15) is 0 Å². The molecule has 0 bridgehead atoms. The summed E-state index contributed by atoms with van der Waals surface area (Å²) >= 11 is 0. The molecule has 1 saturated heterocycles. The minimum absolute atomic E-state index is 0.0184. The maximum Gasteiger partial charge on any atom is 0.227 e. The molecule has 0 spiro atoms. The third-order valence-electron chi connectivity index (χ3n) is 4.88. The van der Waals surface area contributed by atoms with Crippen molar-refractivity contribution in [1.29, 1.82) is 0 Å². The van der Waals surface area contributed by atoms with E-state index in [9.17, 15) is 4.79 Å². The molecule has 1 aliphatic heterocycles. The van der Waals surface area contributed by atoms with Gasteiger partial charge in [0.05, 0.1) is 12.1 Å². The number of hydrogen-bond donors (Lipinski definition) is 1. The maximum absolute atomic E-state index is 12.8. The summed E-state index contributed by atoms with van der Waals surface area (Å²) in [6.07, 6.45) is 1.88. The van der Waals surface area contributed by atoms with Gasteiger partial charge in [0.2, 0.25) is 5.91 Å². The Morgan fingerprint density at radius 2 is 2.00 bits per heavy atom. The zero-order chi connectivity index (χ0) is 17.1. The summed E-state index contributed by atoms with van der Waals surface area (Å²) in [5, 5.41) is 4.09. The molecule has 2 aromatic rings. The van der Waals surface area contributed by atoms with Crippen LogP contribution in [0.1, 0.15) is 42.3 Å². The lowest BCUT2D eigenvalue weighted by Gasteiger charge is -2.16. The smallest absolute Gasteiger partial charge is 0.227 e. The van der Waals surface area contributed by atoms with Gasteiger partial charge in [-0.25, -0.2) is 0 Å². The average Bonchev–Trinajstić information content (AvgIpc) is 3.18. The van der Waals surface area contributed by atoms with E-state index < -0.39 is 0 Å². The van der Waals surface area contributed by atoms with Crippen LogP contribution in [0.4, 0.5) is 0 Å². The van der Waals surface area contributed by atoms with E-state index in [2.05, 4.69) is 17.3 Å². The number of carbonyl (C=O) groups is 1. The monoisotopic (exact) mass is 327 g/mol. The SMILES string of the molecule is CCc1noc(CC)c1CC(=O)N1C[C@@H](N)[C@H](c2ccccc2)C1. The molecule has 24 heavy (non-hydrogen) atoms. The molecule has 2 N–H and O–H groups in total. The summed E-state index contributed by atoms with van der Waals surface area (Å²) in [7, 11) is 0. The van der Waals surface area contributed by atoms with Crippen LogP contribution in [0.2, 0.25) is 0 Å². The first kappa shape index (κ1) is 16.7. The average molecular weight is 327 g/mol. The fraction of sp³-hybridized carbons (Fsp3) is 0.474. The molecule has 0 radical (unpaired) electrons. The fourth-order valence-corrected chi connectivity index (χ4v) is 3.49. The number of aromatic nitrogens is 1. The summed E-state index contributed by atoms with van der Waals surface area (Å²) in [4.78, 5) is 14.7. The molecule has 5 heteroatoms. The number of aryl methyl sites for hydroxylation is 2. The first-order valence-corrected chi connectivity index (χ1v) is 8.68. The predicted octanol–water partition coefficient (Wildman–Crippen LogP) is 2.30. The molecular weight excluding hydrogens is 302 g/mol. The third-order valence-corrected chi connectivity index (χ3v) is 4.88. The van der Waals surface area contributed by atoms with E-state index in [1.165, 1.54) is 5.56 Å². The van der Waals surface area contributed by atoms with Crippen molar-refractivity contribution in [3.63, 3.8) is 0 Å². The Bertz CT molecular complexity index is 674. The summed E-state index contributed by atoms with van der Waals surface area (Å²) in [5.74, 6) is 1.13. The van der Waals surface area contributed by atoms with E-state index in [0.717, 1.165) is 29.9 Å². The Labute approximate surface area is 142 Å². The van der Waals surface area contributed by atoms with Crippen molar-refractivity contribution in [2.45, 2.75) is 45.1 Å². The number of hydrogen-bond acceptors (Lipinski definition) is 4. The number of rotatable bonds is 5. The molecule has 1 amide bonds. The summed E-state index contributed by atoms with van der Waals surface area (Å²) in [6, 6.07) is 10.2. The van der Waals surface area contributed by atoms with Gasteiger partial charge in [0.25, 0.3) is 0 Å². The molecule has 0 unspecified atom stereocenters. The van der Waals surface area contributed by atoms with Crippen molar-refractivity contribution in [1.82, 2.24) is 10.1 Å². The Hall–Kier alpha value is -2.14. The van der Waals surface area contributed by atoms with Gasteiger partial charge in [0.1, 0.15) is 5.76 Å². The standard InChI is InChI=1S/C19H25N3O2/c1-3-17-14(18(4-2)24-21-17)10-19(23)22-11-15(16(20)12-22)13-8-6-5-7-9-13/h5-9,15-16H,3-4,10-12,20H2,1-2H3/t15-,16+/m0/s1. The third kappa shape index (κ3) is 3.22. The highest BCUT2D eigenvalue weighted by Crippen LogP contribution is 2.27. The second kappa shape index (κ2) is 7.18. The van der Waals surface area contributed by atoms with Crippen molar-refractivity contribution in [2.75, 3.05) is 13.1 Å². The van der Waals surface area contributed by atoms with Gasteiger partial charge in [-0.05, 0) is 12.0 Å². The van der Waals surface area contributed by atoms with Crippen LogP contribution in [-0.2, 0) is 24.1 Å². The van der Waals surface area contributed by atoms with Gasteiger partial charge < -0.3 is 15.2 Å². The van der Waals surface area contributed by atoms with Crippen molar-refractivity contribution in [2.24, 2.45) is 5.73 Å². The number of nitrogens with zero attached hydrogens (tertiary/aromatic N) is 2. The first-order chi connectivity index (χ1) is 11.6. The Morgan fingerprint density at radius 1 is 1.25 bits per heavy atom. The quantitative estimate of drug-likeness (QED) is 0.914. The molecule has 0 saturated carbocycles. The molecule has 2 atom stereocenters.